The van der Waals surface area contributed by atoms with Crippen molar-refractivity contribution in [3.8, 4) is 0 Å². The molecule has 0 aliphatic heterocycles. The summed E-state index contributed by atoms with van der Waals surface area (Å²) in [5, 5.41) is 2.77. The van der Waals surface area contributed by atoms with Gasteiger partial charge in [0.1, 0.15) is 0 Å². The van der Waals surface area contributed by atoms with Gasteiger partial charge in [0.25, 0.3) is 0 Å². The molecule has 2 aromatic carbocycles. The van der Waals surface area contributed by atoms with Crippen molar-refractivity contribution >= 4 is 31.9 Å². The smallest absolute Gasteiger partial charge is 0.243 e. The molecular formula is C21H27BrN2O4S. The van der Waals surface area contributed by atoms with Crippen LogP contribution < -0.4 is 5.32 Å². The third-order valence-corrected chi connectivity index (χ3v) is 6.58. The first-order chi connectivity index (χ1) is 13.8. The Morgan fingerprint density at radius 2 is 1.76 bits per heavy atom. The Balaban J connectivity index is 2.15. The van der Waals surface area contributed by atoms with Gasteiger partial charge < -0.3 is 10.1 Å². The van der Waals surface area contributed by atoms with Gasteiger partial charge in [0.15, 0.2) is 0 Å². The number of carbonyl (C=O) groups is 1. The number of rotatable bonds is 11. The van der Waals surface area contributed by atoms with Crippen LogP contribution in [0.4, 0.5) is 0 Å². The van der Waals surface area contributed by atoms with E-state index in [2.05, 4.69) is 21.2 Å². The van der Waals surface area contributed by atoms with Crippen molar-refractivity contribution < 1.29 is 17.9 Å². The van der Waals surface area contributed by atoms with E-state index in [1.165, 1.54) is 16.4 Å². The van der Waals surface area contributed by atoms with Crippen LogP contribution in [0.15, 0.2) is 57.9 Å². The summed E-state index contributed by atoms with van der Waals surface area (Å²) in [6, 6.07) is 14.0. The van der Waals surface area contributed by atoms with Gasteiger partial charge in [-0.15, -0.1) is 0 Å². The molecule has 6 nitrogen and oxygen atoms in total. The van der Waals surface area contributed by atoms with Gasteiger partial charge in [-0.2, -0.15) is 4.31 Å². The number of carbonyl (C=O) groups excluding carboxylic acids is 1. The standard InChI is InChI=1S/C21H27BrN2O4S/c1-3-28-14-4-13-23-21(25)16-24(15-18-7-5-17(2)6-8-18)29(26,27)20-11-9-19(22)10-12-20/h5-12H,3-4,13-16H2,1-2H3,(H,23,25). The molecule has 0 saturated heterocycles. The molecule has 0 aromatic heterocycles. The molecule has 0 saturated carbocycles. The molecule has 0 aliphatic rings. The fourth-order valence-corrected chi connectivity index (χ4v) is 4.29. The molecule has 0 heterocycles. The molecular weight excluding hydrogens is 456 g/mol. The maximum atomic E-state index is 13.2. The zero-order valence-corrected chi connectivity index (χ0v) is 19.1. The average Bonchev–Trinajstić information content (AvgIpc) is 2.69. The lowest BCUT2D eigenvalue weighted by Crippen LogP contribution is -2.40. The van der Waals surface area contributed by atoms with E-state index in [0.29, 0.717) is 26.2 Å². The summed E-state index contributed by atoms with van der Waals surface area (Å²) < 4.78 is 33.6. The highest BCUT2D eigenvalue weighted by Gasteiger charge is 2.26. The molecule has 0 fully saturated rings. The summed E-state index contributed by atoms with van der Waals surface area (Å²) in [6.07, 6.45) is 0.678. The van der Waals surface area contributed by atoms with Gasteiger partial charge in [0.05, 0.1) is 11.4 Å². The quantitative estimate of drug-likeness (QED) is 0.497. The van der Waals surface area contributed by atoms with Gasteiger partial charge in [-0.3, -0.25) is 4.79 Å². The highest BCUT2D eigenvalue weighted by atomic mass is 79.9. The third-order valence-electron chi connectivity index (χ3n) is 4.24. The minimum Gasteiger partial charge on any atom is -0.382 e. The van der Waals surface area contributed by atoms with Gasteiger partial charge >= 0.3 is 0 Å². The number of hydrogen-bond acceptors (Lipinski definition) is 4. The van der Waals surface area contributed by atoms with Gasteiger partial charge in [-0.05, 0) is 50.1 Å². The topological polar surface area (TPSA) is 75.7 Å². The molecule has 0 aliphatic carbocycles. The lowest BCUT2D eigenvalue weighted by Gasteiger charge is -2.22. The van der Waals surface area contributed by atoms with Crippen molar-refractivity contribution in [2.75, 3.05) is 26.3 Å². The van der Waals surface area contributed by atoms with Crippen LogP contribution in [0, 0.1) is 6.92 Å². The molecule has 0 radical (unpaired) electrons. The number of ether oxygens (including phenoxy) is 1. The Bertz CT molecular complexity index is 884. The van der Waals surface area contributed by atoms with E-state index in [9.17, 15) is 13.2 Å². The van der Waals surface area contributed by atoms with Gasteiger partial charge in [0, 0.05) is 30.8 Å². The van der Waals surface area contributed by atoms with Crippen LogP contribution in [0.5, 0.6) is 0 Å². The first kappa shape index (κ1) is 23.5. The summed E-state index contributed by atoms with van der Waals surface area (Å²) in [4.78, 5) is 12.5. The van der Waals surface area contributed by atoms with Crippen molar-refractivity contribution in [3.63, 3.8) is 0 Å². The van der Waals surface area contributed by atoms with Crippen LogP contribution in [-0.4, -0.2) is 44.9 Å². The van der Waals surface area contributed by atoms with E-state index >= 15 is 0 Å². The highest BCUT2D eigenvalue weighted by Crippen LogP contribution is 2.21. The molecule has 0 atom stereocenters. The molecule has 0 unspecified atom stereocenters. The van der Waals surface area contributed by atoms with Crippen molar-refractivity contribution in [2.45, 2.75) is 31.7 Å². The summed E-state index contributed by atoms with van der Waals surface area (Å²) in [5.41, 5.74) is 1.91. The van der Waals surface area contributed by atoms with Crippen molar-refractivity contribution in [2.24, 2.45) is 0 Å². The zero-order valence-electron chi connectivity index (χ0n) is 16.7. The van der Waals surface area contributed by atoms with Gasteiger partial charge in [0.2, 0.25) is 15.9 Å². The SMILES string of the molecule is CCOCCCNC(=O)CN(Cc1ccc(C)cc1)S(=O)(=O)c1ccc(Br)cc1. The van der Waals surface area contributed by atoms with Crippen molar-refractivity contribution in [3.05, 3.63) is 64.1 Å². The normalized spacial score (nSPS) is 11.6. The van der Waals surface area contributed by atoms with E-state index in [0.717, 1.165) is 15.6 Å². The van der Waals surface area contributed by atoms with Crippen molar-refractivity contribution in [1.29, 1.82) is 0 Å². The first-order valence-corrected chi connectivity index (χ1v) is 11.7. The number of nitrogens with zero attached hydrogens (tertiary/aromatic N) is 1. The average molecular weight is 483 g/mol. The van der Waals surface area contributed by atoms with Crippen LogP contribution in [0.3, 0.4) is 0 Å². The van der Waals surface area contributed by atoms with Crippen LogP contribution in [0.1, 0.15) is 24.5 Å². The second-order valence-corrected chi connectivity index (χ2v) is 9.47. The van der Waals surface area contributed by atoms with E-state index in [-0.39, 0.29) is 23.9 Å². The first-order valence-electron chi connectivity index (χ1n) is 9.48. The molecule has 2 rings (SSSR count). The molecule has 0 spiro atoms. The number of sulfonamides is 1. The lowest BCUT2D eigenvalue weighted by atomic mass is 10.1. The molecule has 2 aromatic rings. The predicted octanol–water partition coefficient (Wildman–Crippen LogP) is 3.49. The minimum atomic E-state index is -3.83. The number of nitrogens with one attached hydrogen (secondary N) is 1. The summed E-state index contributed by atoms with van der Waals surface area (Å²) >= 11 is 3.31. The lowest BCUT2D eigenvalue weighted by molar-refractivity contribution is -0.121. The number of aryl methyl sites for hydroxylation is 1. The summed E-state index contributed by atoms with van der Waals surface area (Å²) in [6.45, 7) is 5.37. The maximum Gasteiger partial charge on any atom is 0.243 e. The predicted molar refractivity (Wildman–Crippen MR) is 117 cm³/mol. The Labute approximate surface area is 181 Å². The Hall–Kier alpha value is -1.74. The summed E-state index contributed by atoms with van der Waals surface area (Å²) in [7, 11) is -3.83. The fraction of sp³-hybridized carbons (Fsp3) is 0.381. The monoisotopic (exact) mass is 482 g/mol. The van der Waals surface area contributed by atoms with Gasteiger partial charge in [-0.1, -0.05) is 45.8 Å². The number of hydrogen-bond donors (Lipinski definition) is 1. The van der Waals surface area contributed by atoms with Crippen LogP contribution in [-0.2, 0) is 26.1 Å². The number of benzene rings is 2. The Morgan fingerprint density at radius 1 is 1.10 bits per heavy atom. The van der Waals surface area contributed by atoms with Crippen molar-refractivity contribution in [1.82, 2.24) is 9.62 Å². The maximum absolute atomic E-state index is 13.2. The van der Waals surface area contributed by atoms with Crippen LogP contribution in [0.2, 0.25) is 0 Å². The summed E-state index contributed by atoms with van der Waals surface area (Å²) in [5.74, 6) is -0.339. The third kappa shape index (κ3) is 7.54. The zero-order chi connectivity index (χ0) is 21.3. The second-order valence-electron chi connectivity index (χ2n) is 6.61. The molecule has 158 valence electrons. The Kier molecular flexibility index (Phi) is 9.29. The number of halogens is 1. The fourth-order valence-electron chi connectivity index (χ4n) is 2.64. The van der Waals surface area contributed by atoms with E-state index < -0.39 is 10.0 Å². The van der Waals surface area contributed by atoms with Crippen LogP contribution in [0.25, 0.3) is 0 Å². The van der Waals surface area contributed by atoms with Crippen LogP contribution >= 0.6 is 15.9 Å². The minimum absolute atomic E-state index is 0.116. The largest absolute Gasteiger partial charge is 0.382 e. The Morgan fingerprint density at radius 3 is 2.38 bits per heavy atom. The molecule has 1 amide bonds. The highest BCUT2D eigenvalue weighted by molar-refractivity contribution is 9.10. The molecule has 8 heteroatoms. The molecule has 29 heavy (non-hydrogen) atoms. The van der Waals surface area contributed by atoms with Gasteiger partial charge in [-0.25, -0.2) is 8.42 Å². The van der Waals surface area contributed by atoms with E-state index in [4.69, 9.17) is 4.74 Å². The second kappa shape index (κ2) is 11.4. The molecule has 1 N–H and O–H groups in total. The number of amides is 1. The van der Waals surface area contributed by atoms with E-state index in [1.807, 2.05) is 38.1 Å². The molecule has 0 bridgehead atoms. The van der Waals surface area contributed by atoms with E-state index in [1.54, 1.807) is 12.1 Å².